The fourth-order valence-corrected chi connectivity index (χ4v) is 2.33. The van der Waals surface area contributed by atoms with Crippen LogP contribution in [0.25, 0.3) is 0 Å². The SMILES string of the molecule is Cc1ccc(C)c(NC(=O)c2c(Cl)c(C(F)(F)F)nn2C)c1. The standard InChI is InChI=1S/C14H13ClF3N3O/c1-7-4-5-8(2)9(6-7)19-13(22)11-10(15)12(14(16,17)18)20-21(11)3/h4-6H,1-3H3,(H,19,22). The average molecular weight is 332 g/mol. The zero-order chi connectivity index (χ0) is 16.7. The molecule has 0 saturated carbocycles. The van der Waals surface area contributed by atoms with Crippen LogP contribution in [0.1, 0.15) is 27.3 Å². The third kappa shape index (κ3) is 3.09. The first-order chi connectivity index (χ1) is 10.1. The third-order valence-electron chi connectivity index (χ3n) is 3.11. The zero-order valence-electron chi connectivity index (χ0n) is 12.0. The van der Waals surface area contributed by atoms with Crippen molar-refractivity contribution in [3.8, 4) is 0 Å². The summed E-state index contributed by atoms with van der Waals surface area (Å²) >= 11 is 5.68. The first-order valence-electron chi connectivity index (χ1n) is 6.29. The molecule has 22 heavy (non-hydrogen) atoms. The van der Waals surface area contributed by atoms with Gasteiger partial charge in [0.05, 0.1) is 0 Å². The Morgan fingerprint density at radius 1 is 1.32 bits per heavy atom. The summed E-state index contributed by atoms with van der Waals surface area (Å²) in [6.45, 7) is 3.62. The van der Waals surface area contributed by atoms with Crippen LogP contribution in [-0.4, -0.2) is 15.7 Å². The Hall–Kier alpha value is -2.02. The quantitative estimate of drug-likeness (QED) is 0.905. The molecule has 1 aromatic heterocycles. The van der Waals surface area contributed by atoms with Crippen molar-refractivity contribution in [2.24, 2.45) is 7.05 Å². The molecule has 0 aliphatic rings. The molecule has 1 amide bonds. The number of nitrogens with one attached hydrogen (secondary N) is 1. The Kier molecular flexibility index (Phi) is 4.19. The van der Waals surface area contributed by atoms with Gasteiger partial charge < -0.3 is 5.32 Å². The highest BCUT2D eigenvalue weighted by Crippen LogP contribution is 2.35. The van der Waals surface area contributed by atoms with Gasteiger partial charge in [-0.05, 0) is 31.0 Å². The summed E-state index contributed by atoms with van der Waals surface area (Å²) in [4.78, 5) is 12.2. The number of aromatic nitrogens is 2. The Balaban J connectivity index is 2.39. The second kappa shape index (κ2) is 5.64. The Morgan fingerprint density at radius 3 is 2.50 bits per heavy atom. The molecule has 4 nitrogen and oxygen atoms in total. The van der Waals surface area contributed by atoms with Gasteiger partial charge >= 0.3 is 6.18 Å². The van der Waals surface area contributed by atoms with Crippen LogP contribution in [0.5, 0.6) is 0 Å². The van der Waals surface area contributed by atoms with Crippen molar-refractivity contribution in [1.82, 2.24) is 9.78 Å². The fourth-order valence-electron chi connectivity index (χ4n) is 1.98. The molecule has 0 unspecified atom stereocenters. The van der Waals surface area contributed by atoms with Gasteiger partial charge in [-0.3, -0.25) is 9.48 Å². The van der Waals surface area contributed by atoms with Gasteiger partial charge in [-0.15, -0.1) is 0 Å². The molecule has 2 aromatic rings. The second-order valence-corrected chi connectivity index (χ2v) is 5.28. The first-order valence-corrected chi connectivity index (χ1v) is 6.67. The third-order valence-corrected chi connectivity index (χ3v) is 3.47. The lowest BCUT2D eigenvalue weighted by Crippen LogP contribution is -2.17. The van der Waals surface area contributed by atoms with Crippen LogP contribution >= 0.6 is 11.6 Å². The van der Waals surface area contributed by atoms with E-state index in [2.05, 4.69) is 10.4 Å². The monoisotopic (exact) mass is 331 g/mol. The predicted octanol–water partition coefficient (Wildman–Crippen LogP) is 3.96. The molecule has 8 heteroatoms. The number of benzene rings is 1. The van der Waals surface area contributed by atoms with E-state index in [0.29, 0.717) is 5.69 Å². The highest BCUT2D eigenvalue weighted by atomic mass is 35.5. The number of amides is 1. The normalized spacial score (nSPS) is 11.6. The van der Waals surface area contributed by atoms with E-state index in [1.165, 1.54) is 7.05 Å². The maximum atomic E-state index is 12.8. The van der Waals surface area contributed by atoms with E-state index in [0.717, 1.165) is 15.8 Å². The van der Waals surface area contributed by atoms with Crippen LogP contribution in [0.4, 0.5) is 18.9 Å². The second-order valence-electron chi connectivity index (χ2n) is 4.91. The van der Waals surface area contributed by atoms with Crippen LogP contribution in [-0.2, 0) is 13.2 Å². The van der Waals surface area contributed by atoms with Crippen LogP contribution in [0.15, 0.2) is 18.2 Å². The van der Waals surface area contributed by atoms with E-state index in [-0.39, 0.29) is 5.69 Å². The lowest BCUT2D eigenvalue weighted by molar-refractivity contribution is -0.141. The minimum Gasteiger partial charge on any atom is -0.320 e. The van der Waals surface area contributed by atoms with E-state index in [4.69, 9.17) is 11.6 Å². The van der Waals surface area contributed by atoms with Crippen LogP contribution < -0.4 is 5.32 Å². The van der Waals surface area contributed by atoms with Crippen molar-refractivity contribution in [2.75, 3.05) is 5.32 Å². The number of alkyl halides is 3. The smallest absolute Gasteiger partial charge is 0.320 e. The van der Waals surface area contributed by atoms with Gasteiger partial charge in [-0.1, -0.05) is 23.7 Å². The molecule has 0 fully saturated rings. The fraction of sp³-hybridized carbons (Fsp3) is 0.286. The molecular weight excluding hydrogens is 319 g/mol. The summed E-state index contributed by atoms with van der Waals surface area (Å²) < 4.78 is 39.1. The van der Waals surface area contributed by atoms with E-state index < -0.39 is 22.8 Å². The van der Waals surface area contributed by atoms with Gasteiger partial charge in [0.25, 0.3) is 5.91 Å². The maximum Gasteiger partial charge on any atom is 0.436 e. The minimum absolute atomic E-state index is 0.338. The molecule has 2 rings (SSSR count). The number of nitrogens with zero attached hydrogens (tertiary/aromatic N) is 2. The molecule has 0 spiro atoms. The predicted molar refractivity (Wildman–Crippen MR) is 77.1 cm³/mol. The molecule has 0 aliphatic carbocycles. The van der Waals surface area contributed by atoms with E-state index >= 15 is 0 Å². The molecule has 118 valence electrons. The number of carbonyl (C=O) groups is 1. The van der Waals surface area contributed by atoms with E-state index in [1.54, 1.807) is 19.1 Å². The van der Waals surface area contributed by atoms with Crippen molar-refractivity contribution in [1.29, 1.82) is 0 Å². The van der Waals surface area contributed by atoms with Gasteiger partial charge in [0.2, 0.25) is 0 Å². The van der Waals surface area contributed by atoms with Crippen LogP contribution in [0, 0.1) is 13.8 Å². The highest BCUT2D eigenvalue weighted by Gasteiger charge is 2.39. The lowest BCUT2D eigenvalue weighted by atomic mass is 10.1. The van der Waals surface area contributed by atoms with Gasteiger partial charge in [-0.2, -0.15) is 18.3 Å². The van der Waals surface area contributed by atoms with E-state index in [1.807, 2.05) is 13.0 Å². The largest absolute Gasteiger partial charge is 0.436 e. The number of carbonyl (C=O) groups excluding carboxylic acids is 1. The number of hydrogen-bond donors (Lipinski definition) is 1. The molecule has 0 aliphatic heterocycles. The molecule has 0 saturated heterocycles. The van der Waals surface area contributed by atoms with Crippen molar-refractivity contribution in [2.45, 2.75) is 20.0 Å². The van der Waals surface area contributed by atoms with Gasteiger partial charge in [0.1, 0.15) is 10.7 Å². The van der Waals surface area contributed by atoms with Crippen LogP contribution in [0.3, 0.4) is 0 Å². The summed E-state index contributed by atoms with van der Waals surface area (Å²) in [7, 11) is 1.24. The molecule has 0 bridgehead atoms. The highest BCUT2D eigenvalue weighted by molar-refractivity contribution is 6.34. The number of aryl methyl sites for hydroxylation is 3. The molecular formula is C14H13ClF3N3O. The summed E-state index contributed by atoms with van der Waals surface area (Å²) in [5, 5.41) is 5.13. The lowest BCUT2D eigenvalue weighted by Gasteiger charge is -2.09. The summed E-state index contributed by atoms with van der Waals surface area (Å²) in [6, 6.07) is 5.39. The van der Waals surface area contributed by atoms with Crippen LogP contribution in [0.2, 0.25) is 5.02 Å². The molecule has 0 atom stereocenters. The Morgan fingerprint density at radius 2 is 1.95 bits per heavy atom. The Labute approximate surface area is 129 Å². The van der Waals surface area contributed by atoms with Crippen molar-refractivity contribution >= 4 is 23.2 Å². The van der Waals surface area contributed by atoms with Gasteiger partial charge in [0, 0.05) is 12.7 Å². The molecule has 0 radical (unpaired) electrons. The van der Waals surface area contributed by atoms with E-state index in [9.17, 15) is 18.0 Å². The summed E-state index contributed by atoms with van der Waals surface area (Å²) in [5.74, 6) is -0.746. The maximum absolute atomic E-state index is 12.8. The minimum atomic E-state index is -4.72. The van der Waals surface area contributed by atoms with Crippen molar-refractivity contribution in [3.05, 3.63) is 45.7 Å². The molecule has 1 aromatic carbocycles. The average Bonchev–Trinajstić information content (AvgIpc) is 2.69. The van der Waals surface area contributed by atoms with Crippen molar-refractivity contribution < 1.29 is 18.0 Å². The number of rotatable bonds is 2. The number of anilines is 1. The number of hydrogen-bond acceptors (Lipinski definition) is 2. The summed E-state index contributed by atoms with van der Waals surface area (Å²) in [6.07, 6.45) is -4.72. The number of halogens is 4. The zero-order valence-corrected chi connectivity index (χ0v) is 12.8. The van der Waals surface area contributed by atoms with Gasteiger partial charge in [-0.25, -0.2) is 0 Å². The van der Waals surface area contributed by atoms with Crippen molar-refractivity contribution in [3.63, 3.8) is 0 Å². The first kappa shape index (κ1) is 16.4. The Bertz CT molecular complexity index is 738. The topological polar surface area (TPSA) is 46.9 Å². The summed E-state index contributed by atoms with van der Waals surface area (Å²) in [5.41, 5.74) is 0.592. The molecule has 1 heterocycles. The van der Waals surface area contributed by atoms with Gasteiger partial charge in [0.15, 0.2) is 5.69 Å². The molecule has 1 N–H and O–H groups in total.